The molecule has 4 rings (SSSR count). The van der Waals surface area contributed by atoms with Crippen molar-refractivity contribution in [1.29, 1.82) is 0 Å². The van der Waals surface area contributed by atoms with E-state index in [0.29, 0.717) is 23.8 Å². The van der Waals surface area contributed by atoms with E-state index in [1.807, 2.05) is 24.7 Å². The van der Waals surface area contributed by atoms with Gasteiger partial charge >= 0.3 is 0 Å². The lowest BCUT2D eigenvalue weighted by Gasteiger charge is -2.23. The molecule has 1 aliphatic heterocycles. The van der Waals surface area contributed by atoms with Gasteiger partial charge in [-0.25, -0.2) is 4.98 Å². The smallest absolute Gasteiger partial charge is 0.222 e. The summed E-state index contributed by atoms with van der Waals surface area (Å²) in [6, 6.07) is 2.12. The van der Waals surface area contributed by atoms with E-state index < -0.39 is 0 Å². The Labute approximate surface area is 190 Å². The Hall–Kier alpha value is -2.94. The van der Waals surface area contributed by atoms with Crippen LogP contribution in [0.2, 0.25) is 0 Å². The van der Waals surface area contributed by atoms with E-state index in [1.54, 1.807) is 13.3 Å². The topological polar surface area (TPSA) is 116 Å². The number of rotatable bonds is 8. The summed E-state index contributed by atoms with van der Waals surface area (Å²) in [6.45, 7) is 9.53. The van der Waals surface area contributed by atoms with Crippen molar-refractivity contribution in [2.24, 2.45) is 0 Å². The molecule has 0 aliphatic carbocycles. The van der Waals surface area contributed by atoms with Gasteiger partial charge in [0.25, 0.3) is 0 Å². The highest BCUT2D eigenvalue weighted by Crippen LogP contribution is 2.30. The fourth-order valence-electron chi connectivity index (χ4n) is 3.95. The fourth-order valence-corrected chi connectivity index (χ4v) is 3.95. The molecule has 0 amide bonds. The molecular formula is C23H36N8O. The zero-order valence-electron chi connectivity index (χ0n) is 19.7. The second-order valence-electron chi connectivity index (χ2n) is 7.69. The average Bonchev–Trinajstić information content (AvgIpc) is 3.23. The van der Waals surface area contributed by atoms with Crippen molar-refractivity contribution in [2.75, 3.05) is 37.8 Å². The van der Waals surface area contributed by atoms with Crippen LogP contribution in [0, 0.1) is 0 Å². The lowest BCUT2D eigenvalue weighted by atomic mass is 9.91. The van der Waals surface area contributed by atoms with Crippen LogP contribution in [0.15, 0.2) is 18.5 Å². The third-order valence-electron chi connectivity index (χ3n) is 5.61. The molecule has 0 unspecified atom stereocenters. The van der Waals surface area contributed by atoms with Crippen molar-refractivity contribution < 1.29 is 4.74 Å². The lowest BCUT2D eigenvalue weighted by molar-refractivity contribution is 0.400. The number of hydrogen-bond donors (Lipinski definition) is 3. The molecule has 0 bridgehead atoms. The second-order valence-corrected chi connectivity index (χ2v) is 7.69. The number of nitrogen functional groups attached to an aromatic ring is 1. The molecule has 0 spiro atoms. The molecule has 0 saturated carbocycles. The first-order chi connectivity index (χ1) is 15.7. The maximum atomic E-state index is 5.89. The van der Waals surface area contributed by atoms with Gasteiger partial charge in [0.15, 0.2) is 5.82 Å². The Kier molecular flexibility index (Phi) is 8.61. The molecule has 0 aromatic carbocycles. The summed E-state index contributed by atoms with van der Waals surface area (Å²) in [5.74, 6) is 2.25. The predicted octanol–water partition coefficient (Wildman–Crippen LogP) is 3.57. The van der Waals surface area contributed by atoms with E-state index >= 15 is 0 Å². The summed E-state index contributed by atoms with van der Waals surface area (Å²) in [5, 5.41) is 11.3. The Bertz CT molecular complexity index is 997. The molecule has 1 saturated heterocycles. The van der Waals surface area contributed by atoms with Crippen LogP contribution in [0.25, 0.3) is 11.0 Å². The number of hydrogen-bond acceptors (Lipinski definition) is 8. The van der Waals surface area contributed by atoms with Gasteiger partial charge in [0.05, 0.1) is 19.9 Å². The first kappa shape index (κ1) is 23.7. The van der Waals surface area contributed by atoms with Crippen LogP contribution in [0.4, 0.5) is 11.8 Å². The molecule has 0 atom stereocenters. The molecule has 1 aliphatic rings. The highest BCUT2D eigenvalue weighted by Gasteiger charge is 2.19. The highest BCUT2D eigenvalue weighted by molar-refractivity contribution is 5.86. The minimum atomic E-state index is 0.239. The summed E-state index contributed by atoms with van der Waals surface area (Å²) in [5.41, 5.74) is 9.49. The van der Waals surface area contributed by atoms with Crippen molar-refractivity contribution >= 4 is 22.8 Å². The van der Waals surface area contributed by atoms with Crippen LogP contribution >= 0.6 is 0 Å². The quantitative estimate of drug-likeness (QED) is 0.455. The maximum Gasteiger partial charge on any atom is 0.222 e. The van der Waals surface area contributed by atoms with Gasteiger partial charge in [0.1, 0.15) is 22.5 Å². The molecule has 1 fully saturated rings. The number of pyridine rings is 1. The van der Waals surface area contributed by atoms with Crippen molar-refractivity contribution in [3.05, 3.63) is 29.7 Å². The SMILES string of the molecule is CC.CCCCNc1nc(N)nc2cnn(Cc3ncc(C4CCNCC4)cc3OC)c12. The number of nitrogens with one attached hydrogen (secondary N) is 2. The van der Waals surface area contributed by atoms with Crippen molar-refractivity contribution in [2.45, 2.75) is 58.9 Å². The fraction of sp³-hybridized carbons (Fsp3) is 0.565. The maximum absolute atomic E-state index is 5.89. The Morgan fingerprint density at radius 3 is 2.72 bits per heavy atom. The average molecular weight is 441 g/mol. The van der Waals surface area contributed by atoms with E-state index in [1.165, 1.54) is 5.56 Å². The van der Waals surface area contributed by atoms with Gasteiger partial charge in [-0.3, -0.25) is 9.67 Å². The molecule has 174 valence electrons. The van der Waals surface area contributed by atoms with Crippen LogP contribution in [0.5, 0.6) is 5.75 Å². The minimum Gasteiger partial charge on any atom is -0.495 e. The second kappa shape index (κ2) is 11.6. The van der Waals surface area contributed by atoms with E-state index in [9.17, 15) is 0 Å². The van der Waals surface area contributed by atoms with Gasteiger partial charge < -0.3 is 21.1 Å². The lowest BCUT2D eigenvalue weighted by Crippen LogP contribution is -2.26. The largest absolute Gasteiger partial charge is 0.495 e. The monoisotopic (exact) mass is 440 g/mol. The number of aromatic nitrogens is 5. The molecule has 4 N–H and O–H groups in total. The molecule has 32 heavy (non-hydrogen) atoms. The zero-order chi connectivity index (χ0) is 22.9. The third kappa shape index (κ3) is 5.45. The number of anilines is 2. The van der Waals surface area contributed by atoms with Crippen molar-refractivity contribution in [1.82, 2.24) is 30.0 Å². The van der Waals surface area contributed by atoms with Gasteiger partial charge in [-0.15, -0.1) is 0 Å². The standard InChI is InChI=1S/C21H30N8O.C2H6/c1-3-4-7-24-20-19-16(27-21(22)28-20)12-26-29(19)13-17-18(30-2)10-15(11-25-17)14-5-8-23-9-6-14;1-2/h10-12,14,23H,3-9,13H2,1-2H3,(H3,22,24,27,28);1-2H3. The summed E-state index contributed by atoms with van der Waals surface area (Å²) < 4.78 is 7.54. The van der Waals surface area contributed by atoms with Crippen LogP contribution < -0.4 is 21.1 Å². The van der Waals surface area contributed by atoms with E-state index in [2.05, 4.69) is 38.7 Å². The summed E-state index contributed by atoms with van der Waals surface area (Å²) in [4.78, 5) is 13.5. The highest BCUT2D eigenvalue weighted by atomic mass is 16.5. The Morgan fingerprint density at radius 2 is 2.00 bits per heavy atom. The van der Waals surface area contributed by atoms with Gasteiger partial charge in [-0.2, -0.15) is 10.1 Å². The molecule has 3 aromatic rings. The van der Waals surface area contributed by atoms with Gasteiger partial charge in [0, 0.05) is 12.7 Å². The number of unbranched alkanes of at least 4 members (excludes halogenated alkanes) is 1. The number of ether oxygens (including phenoxy) is 1. The van der Waals surface area contributed by atoms with Crippen LogP contribution in [0.1, 0.15) is 63.6 Å². The van der Waals surface area contributed by atoms with Crippen molar-refractivity contribution in [3.8, 4) is 5.75 Å². The third-order valence-corrected chi connectivity index (χ3v) is 5.61. The van der Waals surface area contributed by atoms with Crippen LogP contribution in [-0.2, 0) is 6.54 Å². The number of fused-ring (bicyclic) bond motifs is 1. The zero-order valence-corrected chi connectivity index (χ0v) is 19.7. The van der Waals surface area contributed by atoms with E-state index in [0.717, 1.165) is 62.3 Å². The number of methoxy groups -OCH3 is 1. The van der Waals surface area contributed by atoms with Gasteiger partial charge in [-0.1, -0.05) is 27.2 Å². The molecule has 0 radical (unpaired) electrons. The summed E-state index contributed by atoms with van der Waals surface area (Å²) in [7, 11) is 1.69. The van der Waals surface area contributed by atoms with Crippen LogP contribution in [0.3, 0.4) is 0 Å². The Balaban J connectivity index is 0.00000141. The van der Waals surface area contributed by atoms with Gasteiger partial charge in [-0.05, 0) is 49.9 Å². The first-order valence-electron chi connectivity index (χ1n) is 11.7. The molecule has 9 nitrogen and oxygen atoms in total. The first-order valence-corrected chi connectivity index (χ1v) is 11.7. The normalized spacial score (nSPS) is 14.1. The minimum absolute atomic E-state index is 0.239. The number of piperidine rings is 1. The number of nitrogens with zero attached hydrogens (tertiary/aromatic N) is 5. The predicted molar refractivity (Wildman–Crippen MR) is 129 cm³/mol. The van der Waals surface area contributed by atoms with E-state index in [4.69, 9.17) is 15.5 Å². The number of nitrogens with two attached hydrogens (primary N) is 1. The molecule has 4 heterocycles. The molecular weight excluding hydrogens is 404 g/mol. The van der Waals surface area contributed by atoms with Gasteiger partial charge in [0.2, 0.25) is 5.95 Å². The Morgan fingerprint density at radius 1 is 1.22 bits per heavy atom. The summed E-state index contributed by atoms with van der Waals surface area (Å²) >= 11 is 0. The van der Waals surface area contributed by atoms with Crippen LogP contribution in [-0.4, -0.2) is 51.5 Å². The van der Waals surface area contributed by atoms with Crippen molar-refractivity contribution in [3.63, 3.8) is 0 Å². The summed E-state index contributed by atoms with van der Waals surface area (Å²) in [6.07, 6.45) is 8.09. The van der Waals surface area contributed by atoms with E-state index in [-0.39, 0.29) is 5.95 Å². The molecule has 3 aromatic heterocycles. The molecule has 9 heteroatoms.